The number of hydrogen-bond acceptors (Lipinski definition) is 2. The number of aliphatic carboxylic acids is 2. The van der Waals surface area contributed by atoms with Gasteiger partial charge in [-0.3, -0.25) is 9.59 Å². The molecule has 0 amide bonds. The minimum absolute atomic E-state index is 0.295. The molecule has 1 fully saturated rings. The average Bonchev–Trinajstić information content (AvgIpc) is 1.96. The van der Waals surface area contributed by atoms with Crippen LogP contribution in [0.5, 0.6) is 0 Å². The number of carbonyl (C=O) groups is 2. The van der Waals surface area contributed by atoms with Crippen molar-refractivity contribution in [2.75, 3.05) is 0 Å². The van der Waals surface area contributed by atoms with Gasteiger partial charge in [0.05, 0.1) is 11.8 Å². The fourth-order valence-corrected chi connectivity index (χ4v) is 2.99. The summed E-state index contributed by atoms with van der Waals surface area (Å²) in [4.78, 5) is 20.5. The predicted octanol–water partition coefficient (Wildman–Crippen LogP) is 0.929. The van der Waals surface area contributed by atoms with Crippen LogP contribution in [0, 0.1) is 11.8 Å². The Kier molecular flexibility index (Phi) is 2.77. The summed E-state index contributed by atoms with van der Waals surface area (Å²) in [6, 6.07) is 0. The van der Waals surface area contributed by atoms with Gasteiger partial charge in [0.15, 0.2) is 0 Å². The van der Waals surface area contributed by atoms with Gasteiger partial charge in [0.1, 0.15) is 0 Å². The molecule has 0 unspecified atom stereocenters. The van der Waals surface area contributed by atoms with Crippen molar-refractivity contribution in [3.8, 4) is 0 Å². The first-order chi connectivity index (χ1) is 5.46. The van der Waals surface area contributed by atoms with E-state index >= 15 is 0 Å². The lowest BCUT2D eigenvalue weighted by molar-refractivity contribution is -0.158. The normalized spacial score (nSPS) is 40.2. The Bertz CT molecular complexity index is 206. The summed E-state index contributed by atoms with van der Waals surface area (Å²) in [5.74, 6) is -3.79. The Labute approximate surface area is 85.2 Å². The van der Waals surface area contributed by atoms with Gasteiger partial charge in [0, 0.05) is 9.65 Å². The summed E-state index contributed by atoms with van der Waals surface area (Å²) in [5.41, 5.74) is 0. The minimum atomic E-state index is -1.07. The maximum absolute atomic E-state index is 10.5. The van der Waals surface area contributed by atoms with Crippen molar-refractivity contribution in [2.45, 2.75) is 9.65 Å². The second-order valence-electron chi connectivity index (χ2n) is 2.62. The fraction of sp³-hybridized carbons (Fsp3) is 0.667. The van der Waals surface area contributed by atoms with E-state index in [1.54, 1.807) is 0 Å². The Morgan fingerprint density at radius 1 is 0.917 bits per heavy atom. The van der Waals surface area contributed by atoms with Gasteiger partial charge in [0.25, 0.3) is 0 Å². The molecule has 0 saturated heterocycles. The lowest BCUT2D eigenvalue weighted by atomic mass is 9.73. The van der Waals surface area contributed by atoms with Crippen molar-refractivity contribution in [1.82, 2.24) is 0 Å². The van der Waals surface area contributed by atoms with E-state index in [0.717, 1.165) is 0 Å². The van der Waals surface area contributed by atoms with E-state index in [0.29, 0.717) is 0 Å². The largest absolute Gasteiger partial charge is 0.481 e. The van der Waals surface area contributed by atoms with Crippen molar-refractivity contribution in [3.05, 3.63) is 0 Å². The van der Waals surface area contributed by atoms with Crippen LogP contribution in [0.1, 0.15) is 0 Å². The van der Waals surface area contributed by atoms with Crippen LogP contribution in [-0.2, 0) is 9.59 Å². The molecule has 12 heavy (non-hydrogen) atoms. The zero-order chi connectivity index (χ0) is 9.46. The van der Waals surface area contributed by atoms with Gasteiger partial charge in [-0.1, -0.05) is 31.9 Å². The molecular weight excluding hydrogens is 296 g/mol. The van der Waals surface area contributed by atoms with Crippen LogP contribution in [0.3, 0.4) is 0 Å². The van der Waals surface area contributed by atoms with Crippen LogP contribution in [0.15, 0.2) is 0 Å². The van der Waals surface area contributed by atoms with Gasteiger partial charge in [-0.15, -0.1) is 0 Å². The Morgan fingerprint density at radius 2 is 1.17 bits per heavy atom. The molecule has 6 heteroatoms. The van der Waals surface area contributed by atoms with Crippen molar-refractivity contribution in [1.29, 1.82) is 0 Å². The molecule has 2 N–H and O–H groups in total. The molecule has 1 aliphatic carbocycles. The molecule has 68 valence electrons. The highest BCUT2D eigenvalue weighted by molar-refractivity contribution is 9.12. The van der Waals surface area contributed by atoms with Crippen LogP contribution in [-0.4, -0.2) is 31.8 Å². The first-order valence-corrected chi connectivity index (χ1v) is 5.03. The summed E-state index contributed by atoms with van der Waals surface area (Å²) in [6.07, 6.45) is 0. The summed E-state index contributed by atoms with van der Waals surface area (Å²) in [7, 11) is 0. The first-order valence-electron chi connectivity index (χ1n) is 3.20. The number of hydrogen-bond donors (Lipinski definition) is 2. The molecule has 4 atom stereocenters. The lowest BCUT2D eigenvalue weighted by Gasteiger charge is -2.41. The second-order valence-corrected chi connectivity index (χ2v) is 4.73. The van der Waals surface area contributed by atoms with Crippen LogP contribution in [0.4, 0.5) is 0 Å². The molecule has 1 saturated carbocycles. The third-order valence-corrected chi connectivity index (χ3v) is 4.94. The molecule has 1 rings (SSSR count). The van der Waals surface area contributed by atoms with Gasteiger partial charge in [0.2, 0.25) is 0 Å². The van der Waals surface area contributed by atoms with E-state index < -0.39 is 23.8 Å². The molecule has 4 nitrogen and oxygen atoms in total. The number of halogens is 2. The third kappa shape index (κ3) is 1.37. The predicted molar refractivity (Wildman–Crippen MR) is 47.7 cm³/mol. The molecule has 0 aromatic heterocycles. The summed E-state index contributed by atoms with van der Waals surface area (Å²) in [5, 5.41) is 17.3. The maximum atomic E-state index is 10.5. The molecule has 0 aliphatic heterocycles. The topological polar surface area (TPSA) is 74.6 Å². The molecule has 0 aromatic carbocycles. The minimum Gasteiger partial charge on any atom is -0.481 e. The molecule has 0 aromatic rings. The van der Waals surface area contributed by atoms with Crippen molar-refractivity contribution in [3.63, 3.8) is 0 Å². The van der Waals surface area contributed by atoms with E-state index in [2.05, 4.69) is 31.9 Å². The SMILES string of the molecule is O=C(O)[C@H]1[C@H](Br)[C@H](Br)[C@@H]1C(=O)O. The Hall–Kier alpha value is -0.100. The van der Waals surface area contributed by atoms with Crippen LogP contribution in [0.2, 0.25) is 0 Å². The monoisotopic (exact) mass is 300 g/mol. The van der Waals surface area contributed by atoms with Crippen LogP contribution >= 0.6 is 31.9 Å². The molecular formula is C6H6Br2O4. The molecule has 0 radical (unpaired) electrons. The van der Waals surface area contributed by atoms with Crippen molar-refractivity contribution >= 4 is 43.8 Å². The van der Waals surface area contributed by atoms with E-state index in [1.165, 1.54) is 0 Å². The highest BCUT2D eigenvalue weighted by Gasteiger charge is 2.55. The molecule has 1 aliphatic rings. The third-order valence-electron chi connectivity index (χ3n) is 1.95. The van der Waals surface area contributed by atoms with Crippen LogP contribution in [0.25, 0.3) is 0 Å². The Morgan fingerprint density at radius 3 is 1.33 bits per heavy atom. The van der Waals surface area contributed by atoms with Gasteiger partial charge >= 0.3 is 11.9 Å². The van der Waals surface area contributed by atoms with E-state index in [9.17, 15) is 9.59 Å². The number of rotatable bonds is 2. The second kappa shape index (κ2) is 3.33. The fourth-order valence-electron chi connectivity index (χ4n) is 1.23. The summed E-state index contributed by atoms with van der Waals surface area (Å²) in [6.45, 7) is 0. The van der Waals surface area contributed by atoms with E-state index in [4.69, 9.17) is 10.2 Å². The highest BCUT2D eigenvalue weighted by Crippen LogP contribution is 2.45. The molecule has 0 spiro atoms. The van der Waals surface area contributed by atoms with E-state index in [-0.39, 0.29) is 9.65 Å². The molecule has 0 heterocycles. The Balaban J connectivity index is 2.75. The number of carboxylic acids is 2. The van der Waals surface area contributed by atoms with Crippen LogP contribution < -0.4 is 0 Å². The quantitative estimate of drug-likeness (QED) is 0.744. The van der Waals surface area contributed by atoms with Crippen molar-refractivity contribution < 1.29 is 19.8 Å². The van der Waals surface area contributed by atoms with Crippen molar-refractivity contribution in [2.24, 2.45) is 11.8 Å². The van der Waals surface area contributed by atoms with Gasteiger partial charge in [-0.25, -0.2) is 0 Å². The molecule has 0 bridgehead atoms. The highest BCUT2D eigenvalue weighted by atomic mass is 79.9. The van der Waals surface area contributed by atoms with E-state index in [1.807, 2.05) is 0 Å². The maximum Gasteiger partial charge on any atom is 0.308 e. The number of carboxylic acid groups (broad SMARTS) is 2. The average molecular weight is 302 g/mol. The number of alkyl halides is 2. The zero-order valence-electron chi connectivity index (χ0n) is 5.78. The van der Waals surface area contributed by atoms with Gasteiger partial charge in [-0.05, 0) is 0 Å². The smallest absolute Gasteiger partial charge is 0.308 e. The lowest BCUT2D eigenvalue weighted by Crippen LogP contribution is -2.56. The summed E-state index contributed by atoms with van der Waals surface area (Å²) >= 11 is 6.22. The first kappa shape index (κ1) is 9.98. The van der Waals surface area contributed by atoms with Gasteiger partial charge in [-0.2, -0.15) is 0 Å². The summed E-state index contributed by atoms with van der Waals surface area (Å²) < 4.78 is 0. The zero-order valence-corrected chi connectivity index (χ0v) is 8.95. The standard InChI is InChI=1S/C6H6Br2O4/c7-3-1(5(9)10)2(4(3)8)6(11)12/h1-4H,(H,9,10)(H,11,12)/t1-,2-,3-,4+/m1/s1. The van der Waals surface area contributed by atoms with Gasteiger partial charge < -0.3 is 10.2 Å².